The van der Waals surface area contributed by atoms with Crippen LogP contribution < -0.4 is 10.2 Å². The van der Waals surface area contributed by atoms with Crippen molar-refractivity contribution < 1.29 is 14.7 Å². The molecular weight excluding hydrogens is 446 g/mol. The standard InChI is InChI=1S/C27H41N3O3S/c1-32-22-8-10-26-25(17-22)24(11-13-28-26)27(29-33-2)9-7-20-12-14-30(18-21(20)19-31)15-16-34-23-5-3-4-6-23/h8,10-11,13,17,20-21,23,27,29,31H,3-7,9,12,14-16,18-19H2,1-2H3/t20-,21-,27+/m1/s1. The van der Waals surface area contributed by atoms with Crippen molar-refractivity contribution in [1.82, 2.24) is 15.4 Å². The summed E-state index contributed by atoms with van der Waals surface area (Å²) in [6.45, 7) is 3.59. The van der Waals surface area contributed by atoms with Gasteiger partial charge < -0.3 is 19.6 Å². The predicted molar refractivity (Wildman–Crippen MR) is 140 cm³/mol. The summed E-state index contributed by atoms with van der Waals surface area (Å²) in [6, 6.07) is 8.14. The summed E-state index contributed by atoms with van der Waals surface area (Å²) < 4.78 is 5.45. The number of aromatic nitrogens is 1. The van der Waals surface area contributed by atoms with Crippen LogP contribution in [0.4, 0.5) is 0 Å². The fourth-order valence-electron chi connectivity index (χ4n) is 5.73. The summed E-state index contributed by atoms with van der Waals surface area (Å²) in [6.07, 6.45) is 10.7. The molecule has 1 saturated heterocycles. The maximum absolute atomic E-state index is 10.2. The van der Waals surface area contributed by atoms with E-state index in [0.29, 0.717) is 11.8 Å². The second-order valence-corrected chi connectivity index (χ2v) is 11.2. The average Bonchev–Trinajstić information content (AvgIpc) is 3.40. The lowest BCUT2D eigenvalue weighted by Gasteiger charge is -2.38. The van der Waals surface area contributed by atoms with Crippen LogP contribution in [0, 0.1) is 11.8 Å². The number of aliphatic hydroxyl groups is 1. The van der Waals surface area contributed by atoms with Crippen molar-refractivity contribution in [1.29, 1.82) is 0 Å². The number of hydrogen-bond acceptors (Lipinski definition) is 7. The van der Waals surface area contributed by atoms with E-state index in [4.69, 9.17) is 9.57 Å². The quantitative estimate of drug-likeness (QED) is 0.416. The summed E-state index contributed by atoms with van der Waals surface area (Å²) in [4.78, 5) is 12.5. The SMILES string of the molecule is CON[C@@H](CC[C@@H]1CCN(CCSC2CCCC2)C[C@@H]1CO)c1ccnc2ccc(OC)cc12. The van der Waals surface area contributed by atoms with Crippen LogP contribution in [0.5, 0.6) is 5.75 Å². The van der Waals surface area contributed by atoms with Gasteiger partial charge in [-0.15, -0.1) is 0 Å². The van der Waals surface area contributed by atoms with Gasteiger partial charge in [0.05, 0.1) is 25.8 Å². The van der Waals surface area contributed by atoms with Crippen LogP contribution >= 0.6 is 11.8 Å². The fraction of sp³-hybridized carbons (Fsp3) is 0.667. The Morgan fingerprint density at radius 3 is 2.79 bits per heavy atom. The number of pyridine rings is 1. The van der Waals surface area contributed by atoms with E-state index in [-0.39, 0.29) is 12.6 Å². The molecule has 1 aliphatic heterocycles. The van der Waals surface area contributed by atoms with E-state index in [1.807, 2.05) is 18.3 Å². The molecule has 2 aromatic rings. The number of piperidine rings is 1. The summed E-state index contributed by atoms with van der Waals surface area (Å²) in [7, 11) is 3.37. The van der Waals surface area contributed by atoms with Gasteiger partial charge in [0, 0.05) is 42.3 Å². The smallest absolute Gasteiger partial charge is 0.119 e. The molecule has 1 aromatic carbocycles. The Labute approximate surface area is 208 Å². The molecule has 2 fully saturated rings. The first-order chi connectivity index (χ1) is 16.7. The number of methoxy groups -OCH3 is 1. The van der Waals surface area contributed by atoms with E-state index in [1.165, 1.54) is 37.0 Å². The lowest BCUT2D eigenvalue weighted by Crippen LogP contribution is -2.43. The number of hydrogen-bond donors (Lipinski definition) is 2. The fourth-order valence-corrected chi connectivity index (χ4v) is 7.09. The van der Waals surface area contributed by atoms with Gasteiger partial charge in [-0.25, -0.2) is 0 Å². The van der Waals surface area contributed by atoms with E-state index >= 15 is 0 Å². The van der Waals surface area contributed by atoms with E-state index in [9.17, 15) is 5.11 Å². The molecular formula is C27H41N3O3S. The molecule has 0 unspecified atom stereocenters. The molecule has 6 nitrogen and oxygen atoms in total. The zero-order valence-corrected chi connectivity index (χ0v) is 21.6. The molecule has 0 bridgehead atoms. The van der Waals surface area contributed by atoms with Gasteiger partial charge in [-0.2, -0.15) is 17.2 Å². The minimum atomic E-state index is 0.0581. The van der Waals surface area contributed by atoms with Gasteiger partial charge in [0.15, 0.2) is 0 Å². The highest BCUT2D eigenvalue weighted by Crippen LogP contribution is 2.34. The van der Waals surface area contributed by atoms with Crippen molar-refractivity contribution in [2.75, 3.05) is 46.2 Å². The van der Waals surface area contributed by atoms with Gasteiger partial charge in [0.2, 0.25) is 0 Å². The number of likely N-dealkylation sites (tertiary alicyclic amines) is 1. The maximum atomic E-state index is 10.2. The Kier molecular flexibility index (Phi) is 9.88. The molecule has 1 saturated carbocycles. The highest BCUT2D eigenvalue weighted by molar-refractivity contribution is 7.99. The zero-order valence-electron chi connectivity index (χ0n) is 20.7. The number of rotatable bonds is 12. The first kappa shape index (κ1) is 25.7. The topological polar surface area (TPSA) is 66.9 Å². The number of ether oxygens (including phenoxy) is 1. The van der Waals surface area contributed by atoms with Crippen molar-refractivity contribution in [3.05, 3.63) is 36.0 Å². The molecule has 188 valence electrons. The molecule has 3 atom stereocenters. The van der Waals surface area contributed by atoms with Crippen molar-refractivity contribution in [3.8, 4) is 5.75 Å². The van der Waals surface area contributed by atoms with Crippen LogP contribution in [0.25, 0.3) is 10.9 Å². The van der Waals surface area contributed by atoms with Crippen LogP contribution in [-0.2, 0) is 4.84 Å². The third kappa shape index (κ3) is 6.64. The molecule has 0 amide bonds. The van der Waals surface area contributed by atoms with Gasteiger partial charge in [-0.3, -0.25) is 4.98 Å². The average molecular weight is 488 g/mol. The van der Waals surface area contributed by atoms with Gasteiger partial charge in [0.25, 0.3) is 0 Å². The Morgan fingerprint density at radius 1 is 1.18 bits per heavy atom. The Hall–Kier alpha value is -1.38. The molecule has 0 radical (unpaired) electrons. The number of hydroxylamine groups is 1. The van der Waals surface area contributed by atoms with Crippen LogP contribution in [-0.4, -0.2) is 66.5 Å². The van der Waals surface area contributed by atoms with Gasteiger partial charge >= 0.3 is 0 Å². The third-order valence-corrected chi connectivity index (χ3v) is 9.08. The van der Waals surface area contributed by atoms with E-state index in [0.717, 1.165) is 60.8 Å². The van der Waals surface area contributed by atoms with Gasteiger partial charge in [-0.1, -0.05) is 12.8 Å². The Morgan fingerprint density at radius 2 is 2.03 bits per heavy atom. The van der Waals surface area contributed by atoms with Crippen LogP contribution in [0.3, 0.4) is 0 Å². The number of fused-ring (bicyclic) bond motifs is 1. The lowest BCUT2D eigenvalue weighted by molar-refractivity contribution is 0.0434. The van der Waals surface area contributed by atoms with Crippen LogP contribution in [0.1, 0.15) is 56.6 Å². The van der Waals surface area contributed by atoms with Crippen LogP contribution in [0.2, 0.25) is 0 Å². The first-order valence-electron chi connectivity index (χ1n) is 12.9. The van der Waals surface area contributed by atoms with E-state index < -0.39 is 0 Å². The number of nitrogens with one attached hydrogen (secondary N) is 1. The van der Waals surface area contributed by atoms with Crippen LogP contribution in [0.15, 0.2) is 30.5 Å². The summed E-state index contributed by atoms with van der Waals surface area (Å²) in [5.74, 6) is 2.94. The number of benzene rings is 1. The van der Waals surface area contributed by atoms with Gasteiger partial charge in [-0.05, 0) is 80.3 Å². The molecule has 34 heavy (non-hydrogen) atoms. The van der Waals surface area contributed by atoms with Crippen molar-refractivity contribution in [2.24, 2.45) is 11.8 Å². The molecule has 1 aromatic heterocycles. The van der Waals surface area contributed by atoms with Crippen molar-refractivity contribution in [2.45, 2.75) is 56.2 Å². The molecule has 2 N–H and O–H groups in total. The minimum Gasteiger partial charge on any atom is -0.497 e. The molecule has 1 aliphatic carbocycles. The molecule has 4 rings (SSSR count). The van der Waals surface area contributed by atoms with Crippen molar-refractivity contribution in [3.63, 3.8) is 0 Å². The molecule has 2 heterocycles. The highest BCUT2D eigenvalue weighted by atomic mass is 32.2. The normalized spacial score (nSPS) is 22.9. The molecule has 7 heteroatoms. The van der Waals surface area contributed by atoms with E-state index in [1.54, 1.807) is 14.2 Å². The second-order valence-electron chi connectivity index (χ2n) is 9.80. The Bertz CT molecular complexity index is 893. The Balaban J connectivity index is 1.34. The summed E-state index contributed by atoms with van der Waals surface area (Å²) in [5, 5.41) is 12.1. The highest BCUT2D eigenvalue weighted by Gasteiger charge is 2.30. The minimum absolute atomic E-state index is 0.0581. The van der Waals surface area contributed by atoms with E-state index in [2.05, 4.69) is 39.3 Å². The number of aliphatic hydroxyl groups excluding tert-OH is 1. The lowest BCUT2D eigenvalue weighted by atomic mass is 9.81. The maximum Gasteiger partial charge on any atom is 0.119 e. The zero-order chi connectivity index (χ0) is 23.8. The van der Waals surface area contributed by atoms with Crippen molar-refractivity contribution >= 4 is 22.7 Å². The monoisotopic (exact) mass is 487 g/mol. The molecule has 0 spiro atoms. The largest absolute Gasteiger partial charge is 0.497 e. The summed E-state index contributed by atoms with van der Waals surface area (Å²) in [5.41, 5.74) is 5.35. The summed E-state index contributed by atoms with van der Waals surface area (Å²) >= 11 is 2.17. The predicted octanol–water partition coefficient (Wildman–Crippen LogP) is 4.82. The molecule has 2 aliphatic rings. The first-order valence-corrected chi connectivity index (χ1v) is 13.9. The number of nitrogens with zero attached hydrogens (tertiary/aromatic N) is 2. The van der Waals surface area contributed by atoms with Gasteiger partial charge in [0.1, 0.15) is 5.75 Å². The number of thioether (sulfide) groups is 1. The third-order valence-electron chi connectivity index (χ3n) is 7.72. The second kappa shape index (κ2) is 13.1.